The Kier molecular flexibility index (Phi) is 2.23. The predicted molar refractivity (Wildman–Crippen MR) is 65.1 cm³/mol. The summed E-state index contributed by atoms with van der Waals surface area (Å²) in [6.07, 6.45) is 5.87. The van der Waals surface area contributed by atoms with Gasteiger partial charge in [-0.25, -0.2) is 0 Å². The molecule has 3 saturated carbocycles. The summed E-state index contributed by atoms with van der Waals surface area (Å²) in [6, 6.07) is 6.32. The summed E-state index contributed by atoms with van der Waals surface area (Å²) in [7, 11) is 0. The summed E-state index contributed by atoms with van der Waals surface area (Å²) in [5.41, 5.74) is 1.77. The molecule has 1 aromatic rings. The highest BCUT2D eigenvalue weighted by molar-refractivity contribution is 5.84. The monoisotopic (exact) mass is 215 g/mol. The number of nitrogens with zero attached hydrogens (tertiary/aromatic N) is 1. The molecule has 1 unspecified atom stereocenters. The second kappa shape index (κ2) is 3.62. The number of para-hydroxylation sites is 1. The van der Waals surface area contributed by atoms with Crippen LogP contribution in [0, 0.1) is 18.8 Å². The second-order valence-electron chi connectivity index (χ2n) is 5.19. The number of rotatable bonds is 2. The molecule has 0 radical (unpaired) electrons. The lowest BCUT2D eigenvalue weighted by atomic mass is 9.84. The van der Waals surface area contributed by atoms with Crippen LogP contribution in [0.3, 0.4) is 0 Å². The van der Waals surface area contributed by atoms with Crippen molar-refractivity contribution in [2.45, 2.75) is 32.2 Å². The van der Waals surface area contributed by atoms with Crippen LogP contribution in [0.5, 0.6) is 5.75 Å². The first-order chi connectivity index (χ1) is 7.74. The maximum Gasteiger partial charge on any atom is 0.127 e. The van der Waals surface area contributed by atoms with Gasteiger partial charge in [0, 0.05) is 11.8 Å². The van der Waals surface area contributed by atoms with Crippen molar-refractivity contribution in [2.75, 3.05) is 0 Å². The SMILES string of the molecule is Cc1cccc(C=NC2CC3CC2C3)c1O. The van der Waals surface area contributed by atoms with Crippen LogP contribution in [0.25, 0.3) is 0 Å². The van der Waals surface area contributed by atoms with Gasteiger partial charge in [0.05, 0.1) is 6.04 Å². The van der Waals surface area contributed by atoms with Crippen molar-refractivity contribution in [3.05, 3.63) is 29.3 Å². The fourth-order valence-corrected chi connectivity index (χ4v) is 2.97. The van der Waals surface area contributed by atoms with Gasteiger partial charge in [0.2, 0.25) is 0 Å². The van der Waals surface area contributed by atoms with Crippen LogP contribution in [-0.2, 0) is 0 Å². The van der Waals surface area contributed by atoms with E-state index >= 15 is 0 Å². The van der Waals surface area contributed by atoms with Crippen molar-refractivity contribution >= 4 is 6.21 Å². The minimum absolute atomic E-state index is 0.372. The highest BCUT2D eigenvalue weighted by atomic mass is 16.3. The van der Waals surface area contributed by atoms with Crippen molar-refractivity contribution < 1.29 is 5.11 Å². The lowest BCUT2D eigenvalue weighted by Gasteiger charge is -2.22. The van der Waals surface area contributed by atoms with Crippen molar-refractivity contribution in [1.82, 2.24) is 0 Å². The first-order valence-electron chi connectivity index (χ1n) is 6.06. The van der Waals surface area contributed by atoms with Gasteiger partial charge in [0.1, 0.15) is 5.75 Å². The molecule has 0 aliphatic heterocycles. The largest absolute Gasteiger partial charge is 0.507 e. The first kappa shape index (κ1) is 9.88. The number of fused-ring (bicyclic) bond motifs is 1. The normalized spacial score (nSPS) is 31.9. The maximum atomic E-state index is 9.86. The second-order valence-corrected chi connectivity index (χ2v) is 5.19. The standard InChI is InChI=1S/C14H17NO/c1-9-3-2-4-11(14(9)16)8-15-13-7-10-5-12(13)6-10/h2-4,8,10,12-13,16H,5-7H2,1H3. The van der Waals surface area contributed by atoms with E-state index in [9.17, 15) is 5.11 Å². The van der Waals surface area contributed by atoms with Crippen LogP contribution in [0.4, 0.5) is 0 Å². The molecule has 16 heavy (non-hydrogen) atoms. The molecule has 0 saturated heterocycles. The Bertz CT molecular complexity index is 432. The highest BCUT2D eigenvalue weighted by Gasteiger charge is 2.43. The van der Waals surface area contributed by atoms with Crippen LogP contribution in [-0.4, -0.2) is 17.4 Å². The van der Waals surface area contributed by atoms with E-state index in [2.05, 4.69) is 4.99 Å². The van der Waals surface area contributed by atoms with Crippen molar-refractivity contribution in [3.8, 4) is 5.75 Å². The average Bonchev–Trinajstić information content (AvgIpc) is 2.78. The zero-order chi connectivity index (χ0) is 11.1. The van der Waals surface area contributed by atoms with Gasteiger partial charge >= 0.3 is 0 Å². The molecule has 3 aliphatic rings. The Balaban J connectivity index is 1.78. The van der Waals surface area contributed by atoms with Crippen LogP contribution in [0.2, 0.25) is 0 Å². The number of benzene rings is 1. The number of aromatic hydroxyl groups is 1. The van der Waals surface area contributed by atoms with Gasteiger partial charge in [0.25, 0.3) is 0 Å². The van der Waals surface area contributed by atoms with Gasteiger partial charge in [-0.15, -0.1) is 0 Å². The van der Waals surface area contributed by atoms with Crippen molar-refractivity contribution in [3.63, 3.8) is 0 Å². The molecule has 2 bridgehead atoms. The summed E-state index contributed by atoms with van der Waals surface area (Å²) >= 11 is 0. The molecule has 0 amide bonds. The maximum absolute atomic E-state index is 9.86. The lowest BCUT2D eigenvalue weighted by Crippen LogP contribution is -2.15. The minimum atomic E-state index is 0.372. The third-order valence-corrected chi connectivity index (χ3v) is 4.07. The Morgan fingerprint density at radius 3 is 2.81 bits per heavy atom. The summed E-state index contributed by atoms with van der Waals surface area (Å²) in [5.74, 6) is 2.14. The van der Waals surface area contributed by atoms with E-state index in [4.69, 9.17) is 0 Å². The van der Waals surface area contributed by atoms with Gasteiger partial charge in [-0.2, -0.15) is 0 Å². The molecule has 84 valence electrons. The molecule has 3 fully saturated rings. The Morgan fingerprint density at radius 1 is 1.31 bits per heavy atom. The third kappa shape index (κ3) is 1.53. The van der Waals surface area contributed by atoms with Crippen molar-refractivity contribution in [1.29, 1.82) is 0 Å². The fourth-order valence-electron chi connectivity index (χ4n) is 2.97. The van der Waals surface area contributed by atoms with E-state index in [0.29, 0.717) is 11.8 Å². The van der Waals surface area contributed by atoms with Crippen molar-refractivity contribution in [2.24, 2.45) is 16.8 Å². The Hall–Kier alpha value is -1.31. The lowest BCUT2D eigenvalue weighted by molar-refractivity contribution is 0.295. The van der Waals surface area contributed by atoms with E-state index in [1.54, 1.807) is 0 Å². The smallest absolute Gasteiger partial charge is 0.127 e. The number of hydrogen-bond acceptors (Lipinski definition) is 2. The summed E-state index contributed by atoms with van der Waals surface area (Å²) in [4.78, 5) is 4.63. The Labute approximate surface area is 96.0 Å². The molecular formula is C14H17NO. The number of aryl methyl sites for hydroxylation is 1. The number of phenols is 1. The van der Waals surface area contributed by atoms with E-state index < -0.39 is 0 Å². The molecule has 0 aromatic heterocycles. The average molecular weight is 215 g/mol. The van der Waals surface area contributed by atoms with Gasteiger partial charge in [0.15, 0.2) is 0 Å². The number of hydrogen-bond donors (Lipinski definition) is 1. The Morgan fingerprint density at radius 2 is 2.12 bits per heavy atom. The zero-order valence-electron chi connectivity index (χ0n) is 9.56. The van der Waals surface area contributed by atoms with E-state index in [-0.39, 0.29) is 0 Å². The number of aliphatic imine (C=N–C) groups is 1. The van der Waals surface area contributed by atoms with Crippen LogP contribution in [0.15, 0.2) is 23.2 Å². The van der Waals surface area contributed by atoms with Gasteiger partial charge in [-0.3, -0.25) is 4.99 Å². The van der Waals surface area contributed by atoms with Gasteiger partial charge in [-0.05, 0) is 49.7 Å². The zero-order valence-corrected chi connectivity index (χ0v) is 9.56. The fraction of sp³-hybridized carbons (Fsp3) is 0.500. The molecule has 2 nitrogen and oxygen atoms in total. The minimum Gasteiger partial charge on any atom is -0.507 e. The molecule has 1 N–H and O–H groups in total. The predicted octanol–water partition coefficient (Wildman–Crippen LogP) is 2.92. The van der Waals surface area contributed by atoms with Crippen LogP contribution in [0.1, 0.15) is 30.4 Å². The van der Waals surface area contributed by atoms with E-state index in [1.165, 1.54) is 19.3 Å². The third-order valence-electron chi connectivity index (χ3n) is 4.07. The topological polar surface area (TPSA) is 32.6 Å². The highest BCUT2D eigenvalue weighted by Crippen LogP contribution is 2.49. The van der Waals surface area contributed by atoms with E-state index in [1.807, 2.05) is 31.3 Å². The molecule has 0 heterocycles. The van der Waals surface area contributed by atoms with E-state index in [0.717, 1.165) is 23.0 Å². The van der Waals surface area contributed by atoms with Crippen LogP contribution >= 0.6 is 0 Å². The van der Waals surface area contributed by atoms with Gasteiger partial charge in [-0.1, -0.05) is 12.1 Å². The summed E-state index contributed by atoms with van der Waals surface area (Å²) in [6.45, 7) is 1.92. The molecule has 3 aliphatic carbocycles. The molecular weight excluding hydrogens is 198 g/mol. The van der Waals surface area contributed by atoms with Gasteiger partial charge < -0.3 is 5.11 Å². The number of phenolic OH excluding ortho intramolecular Hbond substituents is 1. The molecule has 0 spiro atoms. The molecule has 2 heteroatoms. The molecule has 4 rings (SSSR count). The quantitative estimate of drug-likeness (QED) is 0.756. The summed E-state index contributed by atoms with van der Waals surface area (Å²) < 4.78 is 0. The first-order valence-corrected chi connectivity index (χ1v) is 6.06. The molecule has 1 atom stereocenters. The van der Waals surface area contributed by atoms with Crippen LogP contribution < -0.4 is 0 Å². The summed E-state index contributed by atoms with van der Waals surface area (Å²) in [5, 5.41) is 9.86. The molecule has 1 aromatic carbocycles.